The molecule has 0 radical (unpaired) electrons. The van der Waals surface area contributed by atoms with Gasteiger partial charge in [-0.05, 0) is 60.0 Å². The molecule has 1 aliphatic carbocycles. The minimum atomic E-state index is -4.16. The maximum absolute atomic E-state index is 13.2. The Bertz CT molecular complexity index is 2170. The van der Waals surface area contributed by atoms with Crippen LogP contribution in [0.2, 0.25) is 0 Å². The van der Waals surface area contributed by atoms with Gasteiger partial charge >= 0.3 is 35.7 Å². The zero-order valence-electron chi connectivity index (χ0n) is 25.7. The molecule has 0 fully saturated rings. The molecule has 3 aliphatic rings. The van der Waals surface area contributed by atoms with E-state index in [2.05, 4.69) is 5.32 Å². The van der Waals surface area contributed by atoms with Gasteiger partial charge in [0.2, 0.25) is 5.78 Å². The number of ether oxygens (including phenoxy) is 1. The number of allylic oxidation sites excluding steroid dienone is 5. The third kappa shape index (κ3) is 7.11. The Hall–Kier alpha value is -3.63. The van der Waals surface area contributed by atoms with Crippen LogP contribution in [-0.2, 0) is 14.9 Å². The number of carbonyl (C=O) groups excluding carboxylic acids is 2. The van der Waals surface area contributed by atoms with Crippen molar-refractivity contribution < 1.29 is 36.4 Å². The predicted octanol–water partition coefficient (Wildman–Crippen LogP) is 7.83. The molecule has 0 unspecified atom stereocenters. The third-order valence-corrected chi connectivity index (χ3v) is 12.2. The Balaban J connectivity index is 0.00000432. The fourth-order valence-corrected chi connectivity index (χ4v) is 9.41. The molecule has 0 bridgehead atoms. The molecule has 4 aromatic carbocycles. The maximum atomic E-state index is 13.2. The van der Waals surface area contributed by atoms with E-state index in [0.29, 0.717) is 10.7 Å². The van der Waals surface area contributed by atoms with Crippen LogP contribution in [0.1, 0.15) is 34.0 Å². The van der Waals surface area contributed by atoms with E-state index in [9.17, 15) is 31.7 Å². The van der Waals surface area contributed by atoms with E-state index in [1.165, 1.54) is 23.9 Å². The summed E-state index contributed by atoms with van der Waals surface area (Å²) in [6.45, 7) is 0.268. The van der Waals surface area contributed by atoms with Gasteiger partial charge in [0.1, 0.15) is 4.91 Å². The number of anilines is 2. The van der Waals surface area contributed by atoms with Crippen LogP contribution in [0, 0.1) is 0 Å². The zero-order valence-corrected chi connectivity index (χ0v) is 28.2. The SMILES string of the molecule is O=C(Nc1ccc2c(c1)SC(=CC=CC=C1C(=O)c3ccccc3S1(O)O)N2CCCS(=O)(=O)O)OC1c2ccccc2-c2ccccc21.[NaH]. The first-order valence-corrected chi connectivity index (χ1v) is 19.2. The summed E-state index contributed by atoms with van der Waals surface area (Å²) in [5.74, 6) is -0.861. The van der Waals surface area contributed by atoms with Gasteiger partial charge in [-0.1, -0.05) is 84.6 Å². The molecule has 2 aliphatic heterocycles. The van der Waals surface area contributed by atoms with Crippen LogP contribution in [0.25, 0.3) is 11.1 Å². The fraction of sp³-hybridized carbons (Fsp3) is 0.111. The molecular formula is C36H31N2NaO8S3. The number of rotatable bonds is 8. The number of carbonyl (C=O) groups is 2. The second-order valence-corrected chi connectivity index (χ2v) is 16.1. The summed E-state index contributed by atoms with van der Waals surface area (Å²) in [5.41, 5.74) is 5.40. The fourth-order valence-electron chi connectivity index (χ4n) is 6.17. The number of thioether (sulfide) groups is 1. The minimum absolute atomic E-state index is 0. The Labute approximate surface area is 317 Å². The molecule has 1 amide bonds. The topological polar surface area (TPSA) is 153 Å². The average Bonchev–Trinajstić information content (AvgIpc) is 3.64. The number of amides is 1. The van der Waals surface area contributed by atoms with E-state index < -0.39 is 44.4 Å². The summed E-state index contributed by atoms with van der Waals surface area (Å²) in [5, 5.41) is 3.55. The molecule has 0 saturated heterocycles. The number of ketones is 1. The molecule has 252 valence electrons. The molecule has 0 atom stereocenters. The van der Waals surface area contributed by atoms with E-state index in [1.807, 2.05) is 59.5 Å². The van der Waals surface area contributed by atoms with Gasteiger partial charge in [0.25, 0.3) is 10.1 Å². The van der Waals surface area contributed by atoms with Crippen molar-refractivity contribution in [2.75, 3.05) is 22.5 Å². The number of nitrogens with one attached hydrogen (secondary N) is 1. The number of hydrogen-bond donors (Lipinski definition) is 4. The van der Waals surface area contributed by atoms with E-state index in [4.69, 9.17) is 4.74 Å². The van der Waals surface area contributed by atoms with E-state index >= 15 is 0 Å². The van der Waals surface area contributed by atoms with Crippen molar-refractivity contribution >= 4 is 85.3 Å². The zero-order chi connectivity index (χ0) is 34.3. The molecule has 10 nitrogen and oxygen atoms in total. The van der Waals surface area contributed by atoms with Crippen LogP contribution in [0.3, 0.4) is 0 Å². The quantitative estimate of drug-likeness (QED) is 0.0799. The number of fused-ring (bicyclic) bond motifs is 5. The first kappa shape index (κ1) is 36.2. The van der Waals surface area contributed by atoms with Gasteiger partial charge in [-0.15, -0.1) is 10.6 Å². The summed E-state index contributed by atoms with van der Waals surface area (Å²) in [6.07, 6.45) is 5.31. The summed E-state index contributed by atoms with van der Waals surface area (Å²) in [7, 11) is -7.59. The normalized spacial score (nSPS) is 18.1. The first-order chi connectivity index (χ1) is 23.5. The van der Waals surface area contributed by atoms with E-state index in [1.54, 1.807) is 48.6 Å². The van der Waals surface area contributed by atoms with Crippen molar-refractivity contribution in [1.82, 2.24) is 0 Å². The Morgan fingerprint density at radius 2 is 1.52 bits per heavy atom. The standard InChI is InChI=1S/C36H30N2O8S3.Na.H/c39-34-28-14-5-6-15-31(28)49(44,45)32(34)16-7-8-17-33-38(20-9-21-48(41,42)43)29-19-18-23(22-30(29)47-33)37-36(40)46-35-26-12-3-1-10-24(26)25-11-2-4-13-27(25)35;;/h1-8,10-19,22,35,44-45H,9,20-21H2,(H,37,40)(H,41,42,43);;. The second-order valence-electron chi connectivity index (χ2n) is 11.5. The second kappa shape index (κ2) is 14.5. The number of hydrogen-bond acceptors (Lipinski definition) is 9. The van der Waals surface area contributed by atoms with Gasteiger partial charge in [0, 0.05) is 33.8 Å². The Morgan fingerprint density at radius 3 is 2.18 bits per heavy atom. The summed E-state index contributed by atoms with van der Waals surface area (Å²) in [4.78, 5) is 28.8. The van der Waals surface area contributed by atoms with Gasteiger partial charge in [0.15, 0.2) is 6.10 Å². The van der Waals surface area contributed by atoms with Gasteiger partial charge < -0.3 is 9.64 Å². The molecule has 7 rings (SSSR count). The first-order valence-electron chi connectivity index (χ1n) is 15.2. The third-order valence-electron chi connectivity index (χ3n) is 8.33. The number of benzene rings is 4. The van der Waals surface area contributed by atoms with Crippen LogP contribution in [0.4, 0.5) is 16.2 Å². The monoisotopic (exact) mass is 738 g/mol. The van der Waals surface area contributed by atoms with Gasteiger partial charge in [-0.25, -0.2) is 4.79 Å². The summed E-state index contributed by atoms with van der Waals surface area (Å²) >= 11 is 1.38. The molecule has 4 N–H and O–H groups in total. The van der Waals surface area contributed by atoms with Crippen LogP contribution in [-0.4, -0.2) is 75.8 Å². The van der Waals surface area contributed by atoms with Crippen molar-refractivity contribution in [3.8, 4) is 11.1 Å². The molecule has 0 aromatic heterocycles. The summed E-state index contributed by atoms with van der Waals surface area (Å²) in [6, 6.07) is 27.4. The number of Topliss-reactive ketones (excluding diaryl/α,β-unsaturated/α-hetero) is 1. The van der Waals surface area contributed by atoms with Crippen LogP contribution in [0.5, 0.6) is 0 Å². The van der Waals surface area contributed by atoms with Gasteiger partial charge in [0.05, 0.1) is 21.4 Å². The number of nitrogens with zero attached hydrogens (tertiary/aromatic N) is 1. The van der Waals surface area contributed by atoms with Gasteiger partial charge in [-0.2, -0.15) is 8.42 Å². The van der Waals surface area contributed by atoms with Crippen LogP contribution in [0.15, 0.2) is 135 Å². The van der Waals surface area contributed by atoms with Crippen LogP contribution < -0.4 is 10.2 Å². The van der Waals surface area contributed by atoms with Gasteiger partial charge in [-0.3, -0.25) is 23.8 Å². The van der Waals surface area contributed by atoms with Crippen molar-refractivity contribution in [3.63, 3.8) is 0 Å². The molecule has 50 heavy (non-hydrogen) atoms. The van der Waals surface area contributed by atoms with Crippen LogP contribution >= 0.6 is 22.4 Å². The summed E-state index contributed by atoms with van der Waals surface area (Å²) < 4.78 is 59.5. The molecular weight excluding hydrogens is 708 g/mol. The Kier molecular flexibility index (Phi) is 10.5. The Morgan fingerprint density at radius 1 is 0.900 bits per heavy atom. The molecule has 4 aromatic rings. The van der Waals surface area contributed by atoms with E-state index in [-0.39, 0.29) is 57.9 Å². The predicted molar refractivity (Wildman–Crippen MR) is 199 cm³/mol. The average molecular weight is 739 g/mol. The molecule has 2 heterocycles. The van der Waals surface area contributed by atoms with Crippen molar-refractivity contribution in [3.05, 3.63) is 142 Å². The molecule has 0 saturated carbocycles. The molecule has 0 spiro atoms. The van der Waals surface area contributed by atoms with Crippen molar-refractivity contribution in [2.45, 2.75) is 22.3 Å². The molecule has 14 heteroatoms. The van der Waals surface area contributed by atoms with Crippen molar-refractivity contribution in [1.29, 1.82) is 0 Å². The van der Waals surface area contributed by atoms with Crippen molar-refractivity contribution in [2.24, 2.45) is 0 Å². The van der Waals surface area contributed by atoms with E-state index in [0.717, 1.165) is 32.8 Å².